The summed E-state index contributed by atoms with van der Waals surface area (Å²) in [6, 6.07) is 10.5. The predicted molar refractivity (Wildman–Crippen MR) is 83.2 cm³/mol. The van der Waals surface area contributed by atoms with Gasteiger partial charge in [0.25, 0.3) is 5.91 Å². The number of hydrogen-bond donors (Lipinski definition) is 1. The van der Waals surface area contributed by atoms with Crippen molar-refractivity contribution in [2.45, 2.75) is 13.0 Å². The van der Waals surface area contributed by atoms with E-state index in [4.69, 9.17) is 0 Å². The first-order valence-electron chi connectivity index (χ1n) is 7.60. The van der Waals surface area contributed by atoms with E-state index in [1.807, 2.05) is 13.1 Å². The molecule has 0 bridgehead atoms. The maximum absolute atomic E-state index is 12.2. The highest BCUT2D eigenvalue weighted by atomic mass is 16.2. The fraction of sp³-hybridized carbons (Fsp3) is 0.438. The van der Waals surface area contributed by atoms with Crippen LogP contribution in [0.5, 0.6) is 0 Å². The lowest BCUT2D eigenvalue weighted by Gasteiger charge is -2.21. The molecule has 0 unspecified atom stereocenters. The van der Waals surface area contributed by atoms with E-state index in [9.17, 15) is 4.79 Å². The summed E-state index contributed by atoms with van der Waals surface area (Å²) >= 11 is 0. The van der Waals surface area contributed by atoms with Gasteiger partial charge in [-0.15, -0.1) is 0 Å². The van der Waals surface area contributed by atoms with Crippen LogP contribution in [-0.4, -0.2) is 57.8 Å². The number of aromatic amines is 1. The van der Waals surface area contributed by atoms with Gasteiger partial charge in [0.05, 0.1) is 6.20 Å². The Bertz CT molecular complexity index is 598. The number of hydrogen-bond acceptors (Lipinski definition) is 4. The third-order valence-corrected chi connectivity index (χ3v) is 4.13. The van der Waals surface area contributed by atoms with Crippen molar-refractivity contribution in [2.24, 2.45) is 5.92 Å². The monoisotopic (exact) mass is 299 g/mol. The Morgan fingerprint density at radius 2 is 2.23 bits per heavy atom. The Morgan fingerprint density at radius 1 is 1.41 bits per heavy atom. The number of carbonyl (C=O) groups is 1. The van der Waals surface area contributed by atoms with Crippen molar-refractivity contribution < 1.29 is 4.79 Å². The SMILES string of the molecule is CN(C[C@H]1CCN(Cc2ccccc2)C1)C(=O)c1cn[nH]n1. The summed E-state index contributed by atoms with van der Waals surface area (Å²) in [5, 5.41) is 10.0. The molecule has 0 spiro atoms. The van der Waals surface area contributed by atoms with Crippen LogP contribution in [0.3, 0.4) is 0 Å². The van der Waals surface area contributed by atoms with Crippen molar-refractivity contribution in [1.29, 1.82) is 0 Å². The standard InChI is InChI=1S/C16H21N5O/c1-20(16(22)15-9-17-19-18-15)10-14-7-8-21(12-14)11-13-5-3-2-4-6-13/h2-6,9,14H,7-8,10-12H2,1H3,(H,17,18,19)/t14-/m1/s1. The lowest BCUT2D eigenvalue weighted by molar-refractivity contribution is 0.0767. The minimum absolute atomic E-state index is 0.0738. The molecule has 1 saturated heterocycles. The zero-order valence-electron chi connectivity index (χ0n) is 12.8. The molecule has 1 aliphatic heterocycles. The van der Waals surface area contributed by atoms with Crippen LogP contribution in [0.4, 0.5) is 0 Å². The zero-order valence-corrected chi connectivity index (χ0v) is 12.8. The summed E-state index contributed by atoms with van der Waals surface area (Å²) < 4.78 is 0. The predicted octanol–water partition coefficient (Wildman–Crippen LogP) is 1.40. The van der Waals surface area contributed by atoms with Crippen LogP contribution in [0.15, 0.2) is 36.5 Å². The zero-order chi connectivity index (χ0) is 15.4. The number of aromatic nitrogens is 3. The summed E-state index contributed by atoms with van der Waals surface area (Å²) in [6.07, 6.45) is 2.60. The van der Waals surface area contributed by atoms with Crippen LogP contribution in [0, 0.1) is 5.92 Å². The van der Waals surface area contributed by atoms with Crippen LogP contribution in [0.25, 0.3) is 0 Å². The van der Waals surface area contributed by atoms with Gasteiger partial charge < -0.3 is 4.90 Å². The summed E-state index contributed by atoms with van der Waals surface area (Å²) in [7, 11) is 1.83. The van der Waals surface area contributed by atoms with Gasteiger partial charge >= 0.3 is 0 Å². The van der Waals surface area contributed by atoms with Gasteiger partial charge in [0, 0.05) is 26.7 Å². The van der Waals surface area contributed by atoms with Crippen LogP contribution < -0.4 is 0 Å². The Balaban J connectivity index is 1.49. The summed E-state index contributed by atoms with van der Waals surface area (Å²) in [6.45, 7) is 3.87. The molecular weight excluding hydrogens is 278 g/mol. The van der Waals surface area contributed by atoms with Crippen molar-refractivity contribution in [3.63, 3.8) is 0 Å². The smallest absolute Gasteiger partial charge is 0.275 e. The molecule has 1 aliphatic rings. The van der Waals surface area contributed by atoms with E-state index >= 15 is 0 Å². The fourth-order valence-corrected chi connectivity index (χ4v) is 3.02. The highest BCUT2D eigenvalue weighted by Gasteiger charge is 2.25. The third-order valence-electron chi connectivity index (χ3n) is 4.13. The molecule has 2 aromatic rings. The van der Waals surface area contributed by atoms with Crippen molar-refractivity contribution in [1.82, 2.24) is 25.2 Å². The maximum Gasteiger partial charge on any atom is 0.275 e. The minimum atomic E-state index is -0.0738. The van der Waals surface area contributed by atoms with Gasteiger partial charge in [0.2, 0.25) is 0 Å². The molecule has 1 amide bonds. The van der Waals surface area contributed by atoms with E-state index in [1.165, 1.54) is 11.8 Å². The molecule has 0 radical (unpaired) electrons. The number of nitrogens with zero attached hydrogens (tertiary/aromatic N) is 4. The highest BCUT2D eigenvalue weighted by Crippen LogP contribution is 2.19. The van der Waals surface area contributed by atoms with Gasteiger partial charge in [0.1, 0.15) is 0 Å². The lowest BCUT2D eigenvalue weighted by atomic mass is 10.1. The average molecular weight is 299 g/mol. The van der Waals surface area contributed by atoms with Gasteiger partial charge in [0.15, 0.2) is 5.69 Å². The molecule has 1 atom stereocenters. The molecule has 1 fully saturated rings. The van der Waals surface area contributed by atoms with Crippen molar-refractivity contribution in [3.05, 3.63) is 47.8 Å². The molecule has 3 rings (SSSR count). The normalized spacial score (nSPS) is 18.5. The molecule has 6 nitrogen and oxygen atoms in total. The van der Waals surface area contributed by atoms with Crippen LogP contribution in [0.1, 0.15) is 22.5 Å². The Hall–Kier alpha value is -2.21. The number of rotatable bonds is 5. The van der Waals surface area contributed by atoms with Crippen molar-refractivity contribution >= 4 is 5.91 Å². The minimum Gasteiger partial charge on any atom is -0.340 e. The lowest BCUT2D eigenvalue weighted by Crippen LogP contribution is -2.33. The second kappa shape index (κ2) is 6.70. The Morgan fingerprint density at radius 3 is 2.95 bits per heavy atom. The topological polar surface area (TPSA) is 65.1 Å². The van der Waals surface area contributed by atoms with E-state index in [0.29, 0.717) is 11.6 Å². The third kappa shape index (κ3) is 3.51. The molecule has 0 saturated carbocycles. The van der Waals surface area contributed by atoms with E-state index < -0.39 is 0 Å². The molecule has 116 valence electrons. The second-order valence-electron chi connectivity index (χ2n) is 5.92. The first-order valence-corrected chi connectivity index (χ1v) is 7.60. The van der Waals surface area contributed by atoms with Crippen molar-refractivity contribution in [2.75, 3.05) is 26.7 Å². The van der Waals surface area contributed by atoms with Gasteiger partial charge in [-0.1, -0.05) is 30.3 Å². The Kier molecular flexibility index (Phi) is 4.48. The number of amides is 1. The average Bonchev–Trinajstić information content (AvgIpc) is 3.19. The fourth-order valence-electron chi connectivity index (χ4n) is 3.02. The molecule has 2 heterocycles. The number of likely N-dealkylation sites (tertiary alicyclic amines) is 1. The largest absolute Gasteiger partial charge is 0.340 e. The highest BCUT2D eigenvalue weighted by molar-refractivity contribution is 5.91. The molecule has 1 N–H and O–H groups in total. The summed E-state index contributed by atoms with van der Waals surface area (Å²) in [5.74, 6) is 0.444. The number of H-pyrrole nitrogens is 1. The number of nitrogens with one attached hydrogen (secondary N) is 1. The van der Waals surface area contributed by atoms with Gasteiger partial charge in [-0.2, -0.15) is 15.4 Å². The molecule has 22 heavy (non-hydrogen) atoms. The van der Waals surface area contributed by atoms with E-state index in [0.717, 1.165) is 32.6 Å². The molecule has 0 aliphatic carbocycles. The van der Waals surface area contributed by atoms with E-state index in [2.05, 4.69) is 44.6 Å². The second-order valence-corrected chi connectivity index (χ2v) is 5.92. The first kappa shape index (κ1) is 14.7. The van der Waals surface area contributed by atoms with Gasteiger partial charge in [-0.05, 0) is 24.4 Å². The number of benzene rings is 1. The van der Waals surface area contributed by atoms with Crippen LogP contribution in [0.2, 0.25) is 0 Å². The maximum atomic E-state index is 12.2. The van der Waals surface area contributed by atoms with Gasteiger partial charge in [-0.25, -0.2) is 0 Å². The summed E-state index contributed by atoms with van der Waals surface area (Å²) in [5.41, 5.74) is 1.72. The Labute approximate surface area is 130 Å². The molecule has 1 aromatic carbocycles. The van der Waals surface area contributed by atoms with Crippen LogP contribution in [-0.2, 0) is 6.54 Å². The van der Waals surface area contributed by atoms with Crippen molar-refractivity contribution in [3.8, 4) is 0 Å². The van der Waals surface area contributed by atoms with E-state index in [1.54, 1.807) is 4.90 Å². The van der Waals surface area contributed by atoms with Gasteiger partial charge in [-0.3, -0.25) is 9.69 Å². The number of carbonyl (C=O) groups excluding carboxylic acids is 1. The molecule has 1 aromatic heterocycles. The summed E-state index contributed by atoms with van der Waals surface area (Å²) in [4.78, 5) is 16.4. The van der Waals surface area contributed by atoms with Crippen LogP contribution >= 0.6 is 0 Å². The molecule has 6 heteroatoms. The van der Waals surface area contributed by atoms with E-state index in [-0.39, 0.29) is 5.91 Å². The quantitative estimate of drug-likeness (QED) is 0.906. The first-order chi connectivity index (χ1) is 10.7. The molecular formula is C16H21N5O.